The molecule has 1 N–H and O–H groups in total. The third-order valence-corrected chi connectivity index (χ3v) is 4.08. The van der Waals surface area contributed by atoms with Crippen molar-refractivity contribution in [3.05, 3.63) is 75.3 Å². The van der Waals surface area contributed by atoms with E-state index in [0.29, 0.717) is 5.56 Å². The van der Waals surface area contributed by atoms with Crippen LogP contribution in [0.15, 0.2) is 54.1 Å². The second kappa shape index (κ2) is 7.70. The van der Waals surface area contributed by atoms with Gasteiger partial charge in [0.05, 0.1) is 18.6 Å². The van der Waals surface area contributed by atoms with E-state index >= 15 is 0 Å². The van der Waals surface area contributed by atoms with Gasteiger partial charge in [-0.15, -0.1) is 0 Å². The summed E-state index contributed by atoms with van der Waals surface area (Å²) in [4.78, 5) is 48.4. The van der Waals surface area contributed by atoms with Crippen molar-refractivity contribution in [1.82, 2.24) is 10.2 Å². The molecule has 0 aliphatic carbocycles. The molecule has 1 aliphatic rings. The van der Waals surface area contributed by atoms with Gasteiger partial charge in [0.2, 0.25) is 0 Å². The molecule has 2 aromatic rings. The SMILES string of the molecule is COc1ccc(/C=C2\C(=O)NC(=O)N(Cc3ccccc3)C2=O)cc1[N+](=O)[O-]. The molecule has 0 saturated carbocycles. The highest BCUT2D eigenvalue weighted by atomic mass is 16.6. The van der Waals surface area contributed by atoms with Crippen molar-refractivity contribution in [2.24, 2.45) is 0 Å². The highest BCUT2D eigenvalue weighted by Crippen LogP contribution is 2.29. The van der Waals surface area contributed by atoms with Crippen LogP contribution in [-0.2, 0) is 16.1 Å². The zero-order valence-corrected chi connectivity index (χ0v) is 14.7. The molecule has 1 saturated heterocycles. The summed E-state index contributed by atoms with van der Waals surface area (Å²) in [5.74, 6) is -1.60. The van der Waals surface area contributed by atoms with Crippen LogP contribution in [0.5, 0.6) is 5.75 Å². The van der Waals surface area contributed by atoms with Crippen molar-refractivity contribution in [3.8, 4) is 5.75 Å². The number of carbonyl (C=O) groups excluding carboxylic acids is 3. The second-order valence-corrected chi connectivity index (χ2v) is 5.88. The molecule has 0 spiro atoms. The predicted molar refractivity (Wildman–Crippen MR) is 98.2 cm³/mol. The summed E-state index contributed by atoms with van der Waals surface area (Å²) in [7, 11) is 1.30. The fraction of sp³-hybridized carbons (Fsp3) is 0.105. The molecule has 3 rings (SSSR count). The van der Waals surface area contributed by atoms with Crippen molar-refractivity contribution in [2.45, 2.75) is 6.54 Å². The molecule has 28 heavy (non-hydrogen) atoms. The fourth-order valence-corrected chi connectivity index (χ4v) is 2.71. The minimum atomic E-state index is -0.863. The highest BCUT2D eigenvalue weighted by molar-refractivity contribution is 6.30. The lowest BCUT2D eigenvalue weighted by atomic mass is 10.1. The van der Waals surface area contributed by atoms with E-state index in [2.05, 4.69) is 5.32 Å². The van der Waals surface area contributed by atoms with Crippen LogP contribution in [0.25, 0.3) is 6.08 Å². The van der Waals surface area contributed by atoms with Crippen molar-refractivity contribution in [3.63, 3.8) is 0 Å². The number of nitro benzene ring substituents is 1. The second-order valence-electron chi connectivity index (χ2n) is 5.88. The van der Waals surface area contributed by atoms with Crippen LogP contribution >= 0.6 is 0 Å². The number of amides is 4. The Labute approximate surface area is 159 Å². The molecule has 4 amide bonds. The lowest BCUT2D eigenvalue weighted by Gasteiger charge is -2.26. The number of hydrogen-bond donors (Lipinski definition) is 1. The van der Waals surface area contributed by atoms with Crippen LogP contribution in [-0.4, -0.2) is 34.8 Å². The molecule has 1 fully saturated rings. The molecule has 0 unspecified atom stereocenters. The Kier molecular flexibility index (Phi) is 5.16. The number of nitro groups is 1. The predicted octanol–water partition coefficient (Wildman–Crippen LogP) is 2.27. The topological polar surface area (TPSA) is 119 Å². The molecule has 1 heterocycles. The number of imide groups is 2. The first kappa shape index (κ1) is 18.8. The van der Waals surface area contributed by atoms with Gasteiger partial charge in [0.25, 0.3) is 11.8 Å². The molecule has 1 aliphatic heterocycles. The lowest BCUT2D eigenvalue weighted by molar-refractivity contribution is -0.385. The molecular formula is C19H15N3O6. The van der Waals surface area contributed by atoms with Gasteiger partial charge in [0, 0.05) is 6.07 Å². The van der Waals surface area contributed by atoms with Crippen molar-refractivity contribution < 1.29 is 24.0 Å². The van der Waals surface area contributed by atoms with Crippen LogP contribution in [0.3, 0.4) is 0 Å². The fourth-order valence-electron chi connectivity index (χ4n) is 2.71. The van der Waals surface area contributed by atoms with Crippen molar-refractivity contribution in [1.29, 1.82) is 0 Å². The summed E-state index contributed by atoms with van der Waals surface area (Å²) in [6.07, 6.45) is 1.20. The van der Waals surface area contributed by atoms with Gasteiger partial charge in [-0.1, -0.05) is 36.4 Å². The first-order valence-corrected chi connectivity index (χ1v) is 8.16. The van der Waals surface area contributed by atoms with Gasteiger partial charge in [0.1, 0.15) is 5.57 Å². The zero-order chi connectivity index (χ0) is 20.3. The van der Waals surface area contributed by atoms with Crippen LogP contribution in [0.1, 0.15) is 11.1 Å². The summed E-state index contributed by atoms with van der Waals surface area (Å²) in [6, 6.07) is 12.0. The third-order valence-electron chi connectivity index (χ3n) is 4.08. The number of benzene rings is 2. The van der Waals surface area contributed by atoms with Gasteiger partial charge in [0.15, 0.2) is 5.75 Å². The zero-order valence-electron chi connectivity index (χ0n) is 14.7. The van der Waals surface area contributed by atoms with E-state index in [1.807, 2.05) is 0 Å². The van der Waals surface area contributed by atoms with Gasteiger partial charge < -0.3 is 4.74 Å². The standard InChI is InChI=1S/C19H15N3O6/c1-28-16-8-7-13(10-15(16)22(26)27)9-14-17(23)20-19(25)21(18(14)24)11-12-5-3-2-4-6-12/h2-10H,11H2,1H3,(H,20,23,25)/b14-9+. The number of hydrogen-bond acceptors (Lipinski definition) is 6. The van der Waals surface area contributed by atoms with E-state index in [1.165, 1.54) is 31.4 Å². The van der Waals surface area contributed by atoms with Gasteiger partial charge in [-0.25, -0.2) is 4.79 Å². The summed E-state index contributed by atoms with van der Waals surface area (Å²) in [6.45, 7) is -0.0150. The molecule has 0 atom stereocenters. The number of nitrogens with one attached hydrogen (secondary N) is 1. The summed E-state index contributed by atoms with van der Waals surface area (Å²) in [5, 5.41) is 13.3. The molecule has 142 valence electrons. The molecule has 9 nitrogen and oxygen atoms in total. The highest BCUT2D eigenvalue weighted by Gasteiger charge is 2.35. The molecule has 2 aromatic carbocycles. The van der Waals surface area contributed by atoms with E-state index in [9.17, 15) is 24.5 Å². The number of ether oxygens (including phenoxy) is 1. The maximum Gasteiger partial charge on any atom is 0.331 e. The first-order chi connectivity index (χ1) is 13.4. The van der Waals surface area contributed by atoms with E-state index < -0.39 is 22.8 Å². The summed E-state index contributed by atoms with van der Waals surface area (Å²) in [5.41, 5.74) is 0.354. The average Bonchev–Trinajstić information content (AvgIpc) is 2.69. The monoisotopic (exact) mass is 381 g/mol. The molecular weight excluding hydrogens is 366 g/mol. The Balaban J connectivity index is 1.95. The van der Waals surface area contributed by atoms with E-state index in [4.69, 9.17) is 4.74 Å². The number of nitrogens with zero attached hydrogens (tertiary/aromatic N) is 2. The Morgan fingerprint density at radius 3 is 2.50 bits per heavy atom. The number of urea groups is 1. The third kappa shape index (κ3) is 3.73. The maximum absolute atomic E-state index is 12.7. The quantitative estimate of drug-likeness (QED) is 0.367. The van der Waals surface area contributed by atoms with Crippen LogP contribution < -0.4 is 10.1 Å². The van der Waals surface area contributed by atoms with Crippen LogP contribution in [0.4, 0.5) is 10.5 Å². The average molecular weight is 381 g/mol. The Morgan fingerprint density at radius 1 is 1.14 bits per heavy atom. The van der Waals surface area contributed by atoms with Crippen LogP contribution in [0, 0.1) is 10.1 Å². The lowest BCUT2D eigenvalue weighted by Crippen LogP contribution is -2.53. The van der Waals surface area contributed by atoms with Gasteiger partial charge in [-0.2, -0.15) is 0 Å². The Bertz CT molecular complexity index is 1000. The number of methoxy groups -OCH3 is 1. The largest absolute Gasteiger partial charge is 0.490 e. The number of rotatable bonds is 5. The molecule has 0 aromatic heterocycles. The maximum atomic E-state index is 12.7. The molecule has 9 heteroatoms. The minimum Gasteiger partial charge on any atom is -0.490 e. The van der Waals surface area contributed by atoms with Crippen molar-refractivity contribution >= 4 is 29.6 Å². The van der Waals surface area contributed by atoms with E-state index in [1.54, 1.807) is 30.3 Å². The van der Waals surface area contributed by atoms with Gasteiger partial charge in [-0.05, 0) is 23.3 Å². The van der Waals surface area contributed by atoms with E-state index in [-0.39, 0.29) is 29.1 Å². The Hall–Kier alpha value is -4.01. The Morgan fingerprint density at radius 2 is 1.86 bits per heavy atom. The smallest absolute Gasteiger partial charge is 0.331 e. The van der Waals surface area contributed by atoms with Gasteiger partial charge in [-0.3, -0.25) is 29.9 Å². The summed E-state index contributed by atoms with van der Waals surface area (Å²) < 4.78 is 4.93. The minimum absolute atomic E-state index is 0.0150. The number of carbonyl (C=O) groups is 3. The van der Waals surface area contributed by atoms with Crippen LogP contribution in [0.2, 0.25) is 0 Å². The van der Waals surface area contributed by atoms with Gasteiger partial charge >= 0.3 is 11.7 Å². The first-order valence-electron chi connectivity index (χ1n) is 8.16. The number of barbiturate groups is 1. The summed E-state index contributed by atoms with van der Waals surface area (Å²) >= 11 is 0. The van der Waals surface area contributed by atoms with E-state index in [0.717, 1.165) is 4.90 Å². The molecule has 0 bridgehead atoms. The normalized spacial score (nSPS) is 15.5. The van der Waals surface area contributed by atoms with Crippen molar-refractivity contribution in [2.75, 3.05) is 7.11 Å². The molecule has 0 radical (unpaired) electrons.